The second-order valence-corrected chi connectivity index (χ2v) is 7.61. The van der Waals surface area contributed by atoms with Crippen LogP contribution in [0.15, 0.2) is 0 Å². The van der Waals surface area contributed by atoms with Gasteiger partial charge in [-0.1, -0.05) is 68.2 Å². The topological polar surface area (TPSA) is 9.23 Å². The van der Waals surface area contributed by atoms with E-state index >= 15 is 0 Å². The van der Waals surface area contributed by atoms with Gasteiger partial charge in [0.2, 0.25) is 0 Å². The summed E-state index contributed by atoms with van der Waals surface area (Å²) in [5.41, 5.74) is 1.09. The van der Waals surface area contributed by atoms with Crippen molar-refractivity contribution in [3.05, 3.63) is 0 Å². The van der Waals surface area contributed by atoms with Crippen molar-refractivity contribution in [2.24, 2.45) is 10.8 Å². The molecule has 126 valence electrons. The van der Waals surface area contributed by atoms with Crippen molar-refractivity contribution in [2.45, 2.75) is 107 Å². The van der Waals surface area contributed by atoms with E-state index in [4.69, 9.17) is 4.74 Å². The van der Waals surface area contributed by atoms with Crippen LogP contribution in [0.5, 0.6) is 0 Å². The predicted octanol–water partition coefficient (Wildman–Crippen LogP) is 7.10. The molecule has 0 saturated heterocycles. The zero-order valence-corrected chi connectivity index (χ0v) is 16.5. The van der Waals surface area contributed by atoms with E-state index < -0.39 is 0 Å². The van der Waals surface area contributed by atoms with E-state index in [1.54, 1.807) is 7.11 Å². The van der Waals surface area contributed by atoms with Gasteiger partial charge in [-0.15, -0.1) is 0 Å². The summed E-state index contributed by atoms with van der Waals surface area (Å²) in [6, 6.07) is 0. The average Bonchev–Trinajstić information content (AvgIpc) is 2.30. The molecule has 0 fully saturated rings. The summed E-state index contributed by atoms with van der Waals surface area (Å²) in [5.74, 6) is 0. The monoisotopic (exact) mass is 288 g/mol. The minimum Gasteiger partial charge on any atom is -0.382 e. The van der Waals surface area contributed by atoms with Gasteiger partial charge in [-0.05, 0) is 43.9 Å². The maximum atomic E-state index is 4.75. The SMILES string of the molecule is CC.CCCC(C)(C)CCCC(C)(C)C.COC(C)C. The second kappa shape index (κ2) is 13.9. The van der Waals surface area contributed by atoms with Gasteiger partial charge in [0, 0.05) is 7.11 Å². The summed E-state index contributed by atoms with van der Waals surface area (Å²) in [7, 11) is 1.70. The molecule has 1 nitrogen and oxygen atoms in total. The Hall–Kier alpha value is -0.0400. The molecule has 0 unspecified atom stereocenters. The van der Waals surface area contributed by atoms with E-state index in [0.29, 0.717) is 16.9 Å². The van der Waals surface area contributed by atoms with Crippen LogP contribution in [0.1, 0.15) is 101 Å². The highest BCUT2D eigenvalue weighted by Gasteiger charge is 2.18. The first-order chi connectivity index (χ1) is 9.04. The Kier molecular flexibility index (Phi) is 17.4. The Morgan fingerprint density at radius 3 is 1.50 bits per heavy atom. The van der Waals surface area contributed by atoms with Crippen molar-refractivity contribution in [1.82, 2.24) is 0 Å². The van der Waals surface area contributed by atoms with Crippen LogP contribution in [0.3, 0.4) is 0 Å². The van der Waals surface area contributed by atoms with Crippen LogP contribution in [-0.4, -0.2) is 13.2 Å². The molecule has 20 heavy (non-hydrogen) atoms. The molecule has 1 heteroatoms. The number of hydrogen-bond donors (Lipinski definition) is 0. The largest absolute Gasteiger partial charge is 0.382 e. The zero-order valence-electron chi connectivity index (χ0n) is 16.5. The van der Waals surface area contributed by atoms with Gasteiger partial charge in [0.05, 0.1) is 6.10 Å². The Morgan fingerprint density at radius 1 is 0.850 bits per heavy atom. The molecule has 0 aliphatic rings. The van der Waals surface area contributed by atoms with Crippen LogP contribution < -0.4 is 0 Å². The molecule has 0 amide bonds. The molecule has 0 aromatic heterocycles. The minimum absolute atomic E-state index is 0.384. The Balaban J connectivity index is -0.000000346. The van der Waals surface area contributed by atoms with Gasteiger partial charge >= 0.3 is 0 Å². The highest BCUT2D eigenvalue weighted by Crippen LogP contribution is 2.31. The molecule has 0 aromatic rings. The van der Waals surface area contributed by atoms with Gasteiger partial charge in [-0.25, -0.2) is 0 Å². The maximum absolute atomic E-state index is 4.75. The zero-order chi connectivity index (χ0) is 16.8. The lowest BCUT2D eigenvalue weighted by Gasteiger charge is -2.26. The fraction of sp³-hybridized carbons (Fsp3) is 1.00. The third kappa shape index (κ3) is 26.5. The van der Waals surface area contributed by atoms with Crippen LogP contribution in [0.4, 0.5) is 0 Å². The molecule has 0 aliphatic heterocycles. The van der Waals surface area contributed by atoms with Crippen LogP contribution in [0.2, 0.25) is 0 Å². The van der Waals surface area contributed by atoms with Crippen molar-refractivity contribution in [2.75, 3.05) is 7.11 Å². The summed E-state index contributed by atoms with van der Waals surface area (Å²) >= 11 is 0. The van der Waals surface area contributed by atoms with E-state index in [-0.39, 0.29) is 0 Å². The van der Waals surface area contributed by atoms with Gasteiger partial charge in [-0.3, -0.25) is 0 Å². The Morgan fingerprint density at radius 2 is 1.25 bits per heavy atom. The molecule has 0 aromatic carbocycles. The molecular formula is C19H44O. The molecular weight excluding hydrogens is 244 g/mol. The van der Waals surface area contributed by atoms with E-state index in [9.17, 15) is 0 Å². The fourth-order valence-corrected chi connectivity index (χ4v) is 1.90. The first-order valence-corrected chi connectivity index (χ1v) is 8.57. The van der Waals surface area contributed by atoms with Gasteiger partial charge < -0.3 is 4.74 Å². The number of methoxy groups -OCH3 is 1. The fourth-order valence-electron chi connectivity index (χ4n) is 1.90. The van der Waals surface area contributed by atoms with Crippen molar-refractivity contribution in [3.63, 3.8) is 0 Å². The van der Waals surface area contributed by atoms with Crippen LogP contribution in [0.25, 0.3) is 0 Å². The summed E-state index contributed by atoms with van der Waals surface area (Å²) < 4.78 is 4.75. The molecule has 0 saturated carbocycles. The summed E-state index contributed by atoms with van der Waals surface area (Å²) in [6.07, 6.45) is 7.21. The van der Waals surface area contributed by atoms with Gasteiger partial charge in [-0.2, -0.15) is 0 Å². The van der Waals surface area contributed by atoms with Crippen molar-refractivity contribution in [1.29, 1.82) is 0 Å². The van der Waals surface area contributed by atoms with Gasteiger partial charge in [0.15, 0.2) is 0 Å². The first-order valence-electron chi connectivity index (χ1n) is 8.57. The molecule has 0 atom stereocenters. The van der Waals surface area contributed by atoms with Gasteiger partial charge in [0.25, 0.3) is 0 Å². The molecule has 0 aliphatic carbocycles. The Bertz CT molecular complexity index is 175. The Labute approximate surface area is 130 Å². The van der Waals surface area contributed by atoms with Gasteiger partial charge in [0.1, 0.15) is 0 Å². The van der Waals surface area contributed by atoms with Crippen molar-refractivity contribution >= 4 is 0 Å². The molecule has 0 heterocycles. The average molecular weight is 289 g/mol. The maximum Gasteiger partial charge on any atom is 0.0515 e. The molecule has 0 radical (unpaired) electrons. The quantitative estimate of drug-likeness (QED) is 0.506. The number of hydrogen-bond acceptors (Lipinski definition) is 1. The summed E-state index contributed by atoms with van der Waals surface area (Å²) in [5, 5.41) is 0. The van der Waals surface area contributed by atoms with Crippen LogP contribution >= 0.6 is 0 Å². The first kappa shape index (κ1) is 24.9. The standard InChI is InChI=1S/C13H28.C4H10O.C2H6/c1-7-9-13(5,6)11-8-10-12(2,3)4;1-4(2)5-3;1-2/h7-11H2,1-6H3;4H,1-3H3;1-2H3. The van der Waals surface area contributed by atoms with Crippen LogP contribution in [-0.2, 0) is 4.74 Å². The van der Waals surface area contributed by atoms with E-state index in [0.717, 1.165) is 0 Å². The third-order valence-corrected chi connectivity index (χ3v) is 3.18. The van der Waals surface area contributed by atoms with E-state index in [2.05, 4.69) is 41.5 Å². The lowest BCUT2D eigenvalue weighted by Crippen LogP contribution is -2.13. The molecule has 0 N–H and O–H groups in total. The van der Waals surface area contributed by atoms with Crippen molar-refractivity contribution < 1.29 is 4.74 Å². The molecule has 0 spiro atoms. The van der Waals surface area contributed by atoms with Crippen LogP contribution in [0, 0.1) is 10.8 Å². The summed E-state index contributed by atoms with van der Waals surface area (Å²) in [6.45, 7) is 22.1. The van der Waals surface area contributed by atoms with E-state index in [1.165, 1.54) is 32.1 Å². The summed E-state index contributed by atoms with van der Waals surface area (Å²) in [4.78, 5) is 0. The highest BCUT2D eigenvalue weighted by atomic mass is 16.5. The molecule has 0 rings (SSSR count). The number of rotatable bonds is 6. The predicted molar refractivity (Wildman–Crippen MR) is 95.5 cm³/mol. The lowest BCUT2D eigenvalue weighted by molar-refractivity contribution is 0.134. The lowest BCUT2D eigenvalue weighted by atomic mass is 9.80. The minimum atomic E-state index is 0.384. The molecule has 0 bridgehead atoms. The third-order valence-electron chi connectivity index (χ3n) is 3.18. The van der Waals surface area contributed by atoms with Crippen molar-refractivity contribution in [3.8, 4) is 0 Å². The van der Waals surface area contributed by atoms with E-state index in [1.807, 2.05) is 27.7 Å². The number of ether oxygens (including phenoxy) is 1. The smallest absolute Gasteiger partial charge is 0.0515 e. The second-order valence-electron chi connectivity index (χ2n) is 7.61. The highest BCUT2D eigenvalue weighted by molar-refractivity contribution is 4.70. The normalized spacial score (nSPS) is 11.4.